The molecule has 3 rings (SSSR count). The van der Waals surface area contributed by atoms with Crippen LogP contribution < -0.4 is 16.2 Å². The van der Waals surface area contributed by atoms with E-state index in [0.717, 1.165) is 16.7 Å². The second-order valence-corrected chi connectivity index (χ2v) is 7.87. The van der Waals surface area contributed by atoms with E-state index in [9.17, 15) is 24.6 Å². The van der Waals surface area contributed by atoms with Crippen LogP contribution in [0, 0.1) is 13.8 Å². The summed E-state index contributed by atoms with van der Waals surface area (Å²) in [5.74, 6) is -1.41. The Hall–Kier alpha value is -4.07. The number of carbonyl (C=O) groups is 2. The van der Waals surface area contributed by atoms with Gasteiger partial charge in [-0.15, -0.1) is 0 Å². The molecule has 3 aromatic rings. The van der Waals surface area contributed by atoms with Gasteiger partial charge in [0.15, 0.2) is 5.69 Å². The number of nitrogens with zero attached hydrogens (tertiary/aromatic N) is 1. The molecule has 8 heteroatoms. The quantitative estimate of drug-likeness (QED) is 0.431. The summed E-state index contributed by atoms with van der Waals surface area (Å²) in [4.78, 5) is 36.7. The molecule has 1 unspecified atom stereocenters. The Morgan fingerprint density at radius 2 is 1.76 bits per heavy atom. The number of carboxylic acid groups (broad SMARTS) is 1. The lowest BCUT2D eigenvalue weighted by Crippen LogP contribution is -2.36. The number of carbonyl (C=O) groups excluding carboxylic acids is 1. The predicted octanol–water partition coefficient (Wildman–Crippen LogP) is 4.20. The van der Waals surface area contributed by atoms with Crippen molar-refractivity contribution in [2.75, 3.05) is 5.32 Å². The number of hydrogen-bond acceptors (Lipinski definition) is 4. The second-order valence-electron chi connectivity index (χ2n) is 7.87. The van der Waals surface area contributed by atoms with Crippen molar-refractivity contribution < 1.29 is 19.8 Å². The number of carboxylic acids is 1. The van der Waals surface area contributed by atoms with Gasteiger partial charge in [-0.1, -0.05) is 48.0 Å². The number of anilines is 1. The molecule has 0 saturated heterocycles. The number of nitrogens with one attached hydrogen (secondary N) is 2. The molecule has 0 bridgehead atoms. The van der Waals surface area contributed by atoms with E-state index in [1.807, 2.05) is 43.3 Å². The molecular formula is C25H27N3O5. The summed E-state index contributed by atoms with van der Waals surface area (Å²) >= 11 is 0. The molecule has 4 N–H and O–H groups in total. The van der Waals surface area contributed by atoms with Crippen molar-refractivity contribution in [3.63, 3.8) is 0 Å². The molecule has 2 amide bonds. The molecule has 172 valence electrons. The molecule has 8 nitrogen and oxygen atoms in total. The first-order valence-corrected chi connectivity index (χ1v) is 10.6. The van der Waals surface area contributed by atoms with Crippen LogP contribution in [0.2, 0.25) is 0 Å². The molecule has 0 spiro atoms. The van der Waals surface area contributed by atoms with E-state index in [1.54, 1.807) is 26.0 Å². The molecule has 0 aliphatic heterocycles. The van der Waals surface area contributed by atoms with Crippen LogP contribution in [0.25, 0.3) is 11.1 Å². The SMILES string of the molecule is CCn1cc(C)c(O)c(NC(=O)NC(CC(=O)O)c2cccc(-c3ccc(C)cc3)c2)c1=O. The summed E-state index contributed by atoms with van der Waals surface area (Å²) in [5.41, 5.74) is 3.20. The maximum Gasteiger partial charge on any atom is 0.319 e. The van der Waals surface area contributed by atoms with Gasteiger partial charge in [-0.3, -0.25) is 9.59 Å². The minimum atomic E-state index is -1.09. The number of amides is 2. The first-order chi connectivity index (χ1) is 15.7. The fourth-order valence-corrected chi connectivity index (χ4v) is 3.56. The maximum absolute atomic E-state index is 12.7. The van der Waals surface area contributed by atoms with Gasteiger partial charge in [-0.05, 0) is 43.5 Å². The van der Waals surface area contributed by atoms with E-state index in [1.165, 1.54) is 10.8 Å². The van der Waals surface area contributed by atoms with E-state index >= 15 is 0 Å². The third-order valence-electron chi connectivity index (χ3n) is 5.37. The second kappa shape index (κ2) is 10.0. The van der Waals surface area contributed by atoms with Crippen molar-refractivity contribution in [3.05, 3.63) is 81.8 Å². The Bertz CT molecular complexity index is 1230. The number of aromatic nitrogens is 1. The average molecular weight is 450 g/mol. The van der Waals surface area contributed by atoms with Crippen LogP contribution in [0.15, 0.2) is 59.5 Å². The molecule has 2 aromatic carbocycles. The summed E-state index contributed by atoms with van der Waals surface area (Å²) in [7, 11) is 0. The highest BCUT2D eigenvalue weighted by atomic mass is 16.4. The van der Waals surface area contributed by atoms with Gasteiger partial charge in [0.05, 0.1) is 12.5 Å². The highest BCUT2D eigenvalue weighted by Crippen LogP contribution is 2.26. The summed E-state index contributed by atoms with van der Waals surface area (Å²) in [5, 5.41) is 24.7. The Morgan fingerprint density at radius 3 is 2.39 bits per heavy atom. The molecule has 1 heterocycles. The summed E-state index contributed by atoms with van der Waals surface area (Å²) in [6.45, 7) is 5.75. The molecular weight excluding hydrogens is 422 g/mol. The van der Waals surface area contributed by atoms with Crippen molar-refractivity contribution in [1.82, 2.24) is 9.88 Å². The van der Waals surface area contributed by atoms with E-state index < -0.39 is 23.6 Å². The lowest BCUT2D eigenvalue weighted by atomic mass is 9.97. The van der Waals surface area contributed by atoms with Gasteiger partial charge >= 0.3 is 12.0 Å². The van der Waals surface area contributed by atoms with Gasteiger partial charge < -0.3 is 25.4 Å². The molecule has 0 fully saturated rings. The minimum absolute atomic E-state index is 0.253. The zero-order valence-corrected chi connectivity index (χ0v) is 18.8. The third kappa shape index (κ3) is 5.60. The smallest absolute Gasteiger partial charge is 0.319 e. The van der Waals surface area contributed by atoms with Gasteiger partial charge in [0, 0.05) is 18.3 Å². The van der Waals surface area contributed by atoms with Crippen LogP contribution in [0.3, 0.4) is 0 Å². The van der Waals surface area contributed by atoms with Crippen LogP contribution in [0.4, 0.5) is 10.5 Å². The molecule has 1 atom stereocenters. The summed E-state index contributed by atoms with van der Waals surface area (Å²) < 4.78 is 1.37. The number of rotatable bonds is 7. The Kier molecular flexibility index (Phi) is 7.17. The van der Waals surface area contributed by atoms with Crippen molar-refractivity contribution in [2.45, 2.75) is 39.8 Å². The Labute approximate surface area is 191 Å². The first kappa shape index (κ1) is 23.6. The van der Waals surface area contributed by atoms with Crippen molar-refractivity contribution in [2.24, 2.45) is 0 Å². The third-order valence-corrected chi connectivity index (χ3v) is 5.37. The number of aliphatic carboxylic acids is 1. The summed E-state index contributed by atoms with van der Waals surface area (Å²) in [6, 6.07) is 13.5. The van der Waals surface area contributed by atoms with E-state index in [4.69, 9.17) is 0 Å². The minimum Gasteiger partial charge on any atom is -0.505 e. The monoisotopic (exact) mass is 449 g/mol. The van der Waals surface area contributed by atoms with E-state index in [-0.39, 0.29) is 17.9 Å². The number of aromatic hydroxyl groups is 1. The van der Waals surface area contributed by atoms with Gasteiger partial charge in [-0.25, -0.2) is 4.79 Å². The number of benzene rings is 2. The van der Waals surface area contributed by atoms with E-state index in [0.29, 0.717) is 17.7 Å². The van der Waals surface area contributed by atoms with Crippen LogP contribution in [0.5, 0.6) is 5.75 Å². The fraction of sp³-hybridized carbons (Fsp3) is 0.240. The number of aryl methyl sites for hydroxylation is 3. The highest BCUT2D eigenvalue weighted by molar-refractivity contribution is 5.91. The molecule has 0 radical (unpaired) electrons. The number of urea groups is 1. The standard InChI is InChI=1S/C25H27N3O5/c1-4-28-14-16(3)23(31)22(24(28)32)27-25(33)26-20(13-21(29)30)19-7-5-6-18(12-19)17-10-8-15(2)9-11-17/h5-12,14,20,31H,4,13H2,1-3H3,(H,29,30)(H2,26,27,33). The topological polar surface area (TPSA) is 121 Å². The predicted molar refractivity (Wildman–Crippen MR) is 127 cm³/mol. The first-order valence-electron chi connectivity index (χ1n) is 10.6. The molecule has 0 aliphatic rings. The molecule has 1 aromatic heterocycles. The van der Waals surface area contributed by atoms with Crippen LogP contribution in [-0.2, 0) is 11.3 Å². The normalized spacial score (nSPS) is 11.6. The summed E-state index contributed by atoms with van der Waals surface area (Å²) in [6.07, 6.45) is 1.15. The van der Waals surface area contributed by atoms with Gasteiger partial charge in [0.2, 0.25) is 0 Å². The van der Waals surface area contributed by atoms with Gasteiger partial charge in [0.25, 0.3) is 5.56 Å². The van der Waals surface area contributed by atoms with Crippen LogP contribution in [-0.4, -0.2) is 26.8 Å². The molecule has 0 aliphatic carbocycles. The Balaban J connectivity index is 1.88. The molecule has 33 heavy (non-hydrogen) atoms. The lowest BCUT2D eigenvalue weighted by molar-refractivity contribution is -0.137. The largest absolute Gasteiger partial charge is 0.505 e. The Morgan fingerprint density at radius 1 is 1.06 bits per heavy atom. The molecule has 0 saturated carbocycles. The number of pyridine rings is 1. The van der Waals surface area contributed by atoms with Crippen molar-refractivity contribution in [1.29, 1.82) is 0 Å². The number of hydrogen-bond donors (Lipinski definition) is 4. The fourth-order valence-electron chi connectivity index (χ4n) is 3.56. The lowest BCUT2D eigenvalue weighted by Gasteiger charge is -2.19. The highest BCUT2D eigenvalue weighted by Gasteiger charge is 2.21. The van der Waals surface area contributed by atoms with Crippen molar-refractivity contribution in [3.8, 4) is 16.9 Å². The van der Waals surface area contributed by atoms with E-state index in [2.05, 4.69) is 10.6 Å². The van der Waals surface area contributed by atoms with Crippen LogP contribution in [0.1, 0.15) is 36.1 Å². The van der Waals surface area contributed by atoms with Gasteiger partial charge in [0.1, 0.15) is 5.75 Å². The van der Waals surface area contributed by atoms with Crippen LogP contribution >= 0.6 is 0 Å². The zero-order chi connectivity index (χ0) is 24.1. The maximum atomic E-state index is 12.7. The van der Waals surface area contributed by atoms with Gasteiger partial charge in [-0.2, -0.15) is 0 Å². The zero-order valence-electron chi connectivity index (χ0n) is 18.8. The average Bonchev–Trinajstić information content (AvgIpc) is 2.79. The van der Waals surface area contributed by atoms with Crippen molar-refractivity contribution >= 4 is 17.7 Å².